The highest BCUT2D eigenvalue weighted by Gasteiger charge is 2.15. The van der Waals surface area contributed by atoms with E-state index in [1.54, 1.807) is 36.4 Å². The summed E-state index contributed by atoms with van der Waals surface area (Å²) in [4.78, 5) is 29.6. The molecule has 4 rings (SSSR count). The Morgan fingerprint density at radius 1 is 0.871 bits per heavy atom. The second-order valence-electron chi connectivity index (χ2n) is 7.43. The van der Waals surface area contributed by atoms with E-state index in [1.807, 2.05) is 24.3 Å². The largest absolute Gasteiger partial charge is 0.444 e. The third-order valence-corrected chi connectivity index (χ3v) is 5.60. The second kappa shape index (κ2) is 9.36. The fourth-order valence-electron chi connectivity index (χ4n) is 3.39. The van der Waals surface area contributed by atoms with Gasteiger partial charge in [-0.1, -0.05) is 6.07 Å². The Morgan fingerprint density at radius 2 is 1.58 bits per heavy atom. The summed E-state index contributed by atoms with van der Waals surface area (Å²) in [5.41, 5.74) is 2.83. The van der Waals surface area contributed by atoms with Gasteiger partial charge in [0, 0.05) is 48.8 Å². The number of likely N-dealkylation sites (N-methyl/N-ethyl adjacent to an activating group) is 1. The number of nitrogens with one attached hydrogen (secondary N) is 2. The quantitative estimate of drug-likeness (QED) is 0.566. The van der Waals surface area contributed by atoms with Crippen LogP contribution in [0.2, 0.25) is 0 Å². The first-order valence-corrected chi connectivity index (χ1v) is 10.8. The molecule has 1 saturated heterocycles. The highest BCUT2D eigenvalue weighted by Crippen LogP contribution is 2.21. The predicted octanol–water partition coefficient (Wildman–Crippen LogP) is 4.30. The zero-order valence-electron chi connectivity index (χ0n) is 17.1. The molecular formula is C23H23BrN4O3. The van der Waals surface area contributed by atoms with Crippen molar-refractivity contribution in [2.45, 2.75) is 0 Å². The third-order valence-electron chi connectivity index (χ3n) is 5.17. The Hall–Kier alpha value is -3.10. The molecule has 0 spiro atoms. The molecule has 7 nitrogen and oxygen atoms in total. The van der Waals surface area contributed by atoms with Crippen LogP contribution in [0, 0.1) is 0 Å². The number of amides is 2. The van der Waals surface area contributed by atoms with E-state index in [9.17, 15) is 9.59 Å². The summed E-state index contributed by atoms with van der Waals surface area (Å²) in [6, 6.07) is 17.9. The van der Waals surface area contributed by atoms with Crippen LogP contribution in [0.3, 0.4) is 0 Å². The number of hydrogen-bond acceptors (Lipinski definition) is 5. The molecule has 2 N–H and O–H groups in total. The SMILES string of the molecule is CN1CCN(c2ccc(NC(=O)c3cccc(NC(=O)c4ccc(Br)o4)c3)cc2)CC1. The van der Waals surface area contributed by atoms with Gasteiger partial charge in [-0.15, -0.1) is 0 Å². The summed E-state index contributed by atoms with van der Waals surface area (Å²) >= 11 is 3.17. The van der Waals surface area contributed by atoms with Gasteiger partial charge in [-0.2, -0.15) is 0 Å². The van der Waals surface area contributed by atoms with Crippen LogP contribution in [-0.2, 0) is 0 Å². The monoisotopic (exact) mass is 482 g/mol. The molecule has 0 unspecified atom stereocenters. The molecule has 2 amide bonds. The molecule has 1 fully saturated rings. The highest BCUT2D eigenvalue weighted by molar-refractivity contribution is 9.10. The van der Waals surface area contributed by atoms with Gasteiger partial charge in [0.2, 0.25) is 0 Å². The molecule has 0 radical (unpaired) electrons. The van der Waals surface area contributed by atoms with Crippen molar-refractivity contribution in [1.82, 2.24) is 4.90 Å². The summed E-state index contributed by atoms with van der Waals surface area (Å²) < 4.78 is 5.73. The van der Waals surface area contributed by atoms with Gasteiger partial charge in [-0.3, -0.25) is 9.59 Å². The lowest BCUT2D eigenvalue weighted by Gasteiger charge is -2.34. The Kier molecular flexibility index (Phi) is 6.39. The first-order valence-electron chi connectivity index (χ1n) is 9.99. The van der Waals surface area contributed by atoms with E-state index in [0.717, 1.165) is 37.6 Å². The number of carbonyl (C=O) groups excluding carboxylic acids is 2. The minimum Gasteiger partial charge on any atom is -0.444 e. The van der Waals surface area contributed by atoms with E-state index in [4.69, 9.17) is 4.42 Å². The van der Waals surface area contributed by atoms with Crippen molar-refractivity contribution >= 4 is 44.8 Å². The van der Waals surface area contributed by atoms with Crippen molar-refractivity contribution in [3.05, 3.63) is 76.7 Å². The van der Waals surface area contributed by atoms with Gasteiger partial charge in [-0.05, 0) is 77.6 Å². The van der Waals surface area contributed by atoms with Crippen LogP contribution in [0.15, 0.2) is 69.8 Å². The van der Waals surface area contributed by atoms with E-state index in [2.05, 4.69) is 43.4 Å². The van der Waals surface area contributed by atoms with Gasteiger partial charge < -0.3 is 24.9 Å². The normalized spacial score (nSPS) is 14.3. The molecule has 2 heterocycles. The number of piperazine rings is 1. The van der Waals surface area contributed by atoms with E-state index >= 15 is 0 Å². The van der Waals surface area contributed by atoms with Crippen LogP contribution >= 0.6 is 15.9 Å². The number of carbonyl (C=O) groups is 2. The average molecular weight is 483 g/mol. The van der Waals surface area contributed by atoms with Crippen LogP contribution in [0.25, 0.3) is 0 Å². The minimum absolute atomic E-state index is 0.183. The summed E-state index contributed by atoms with van der Waals surface area (Å²) in [5, 5.41) is 5.64. The van der Waals surface area contributed by atoms with E-state index in [-0.39, 0.29) is 17.6 Å². The maximum Gasteiger partial charge on any atom is 0.291 e. The fourth-order valence-corrected chi connectivity index (χ4v) is 3.70. The summed E-state index contributed by atoms with van der Waals surface area (Å²) in [6.07, 6.45) is 0. The van der Waals surface area contributed by atoms with Crippen molar-refractivity contribution in [2.75, 3.05) is 48.8 Å². The molecule has 31 heavy (non-hydrogen) atoms. The summed E-state index contributed by atoms with van der Waals surface area (Å²) in [7, 11) is 2.13. The van der Waals surface area contributed by atoms with Crippen LogP contribution in [0.5, 0.6) is 0 Å². The van der Waals surface area contributed by atoms with Gasteiger partial charge in [0.15, 0.2) is 10.4 Å². The Labute approximate surface area is 189 Å². The Balaban J connectivity index is 1.38. The zero-order valence-corrected chi connectivity index (χ0v) is 18.7. The number of rotatable bonds is 5. The molecular weight excluding hydrogens is 460 g/mol. The molecule has 8 heteroatoms. The maximum atomic E-state index is 12.7. The maximum absolute atomic E-state index is 12.7. The van der Waals surface area contributed by atoms with Crippen molar-refractivity contribution in [3.63, 3.8) is 0 Å². The van der Waals surface area contributed by atoms with Crippen LogP contribution < -0.4 is 15.5 Å². The number of anilines is 3. The van der Waals surface area contributed by atoms with E-state index < -0.39 is 0 Å². The molecule has 0 bridgehead atoms. The fraction of sp³-hybridized carbons (Fsp3) is 0.217. The number of hydrogen-bond donors (Lipinski definition) is 2. The van der Waals surface area contributed by atoms with Gasteiger partial charge in [0.05, 0.1) is 0 Å². The first kappa shape index (κ1) is 21.1. The smallest absolute Gasteiger partial charge is 0.291 e. The lowest BCUT2D eigenvalue weighted by molar-refractivity contribution is 0.0992. The van der Waals surface area contributed by atoms with Crippen LogP contribution in [0.4, 0.5) is 17.1 Å². The van der Waals surface area contributed by atoms with E-state index in [0.29, 0.717) is 15.9 Å². The standard InChI is InChI=1S/C23H23BrN4O3/c1-27-11-13-28(14-12-27)19-7-5-17(6-8-19)25-22(29)16-3-2-4-18(15-16)26-23(30)20-9-10-21(24)31-20/h2-10,15H,11-14H2,1H3,(H,25,29)(H,26,30). The third kappa shape index (κ3) is 5.34. The molecule has 0 saturated carbocycles. The molecule has 2 aromatic carbocycles. The lowest BCUT2D eigenvalue weighted by Crippen LogP contribution is -2.44. The van der Waals surface area contributed by atoms with Gasteiger partial charge in [0.1, 0.15) is 0 Å². The number of furan rings is 1. The van der Waals surface area contributed by atoms with Crippen molar-refractivity contribution in [1.29, 1.82) is 0 Å². The second-order valence-corrected chi connectivity index (χ2v) is 8.21. The lowest BCUT2D eigenvalue weighted by atomic mass is 10.1. The highest BCUT2D eigenvalue weighted by atomic mass is 79.9. The first-order chi connectivity index (χ1) is 15.0. The minimum atomic E-state index is -0.386. The van der Waals surface area contributed by atoms with Crippen molar-refractivity contribution < 1.29 is 14.0 Å². The Bertz CT molecular complexity index is 1070. The molecule has 3 aromatic rings. The molecule has 0 aliphatic carbocycles. The number of benzene rings is 2. The van der Waals surface area contributed by atoms with Crippen LogP contribution in [-0.4, -0.2) is 49.9 Å². The van der Waals surface area contributed by atoms with Crippen LogP contribution in [0.1, 0.15) is 20.9 Å². The van der Waals surface area contributed by atoms with Crippen molar-refractivity contribution in [3.8, 4) is 0 Å². The Morgan fingerprint density at radius 3 is 2.26 bits per heavy atom. The molecule has 1 aromatic heterocycles. The zero-order chi connectivity index (χ0) is 21.8. The van der Waals surface area contributed by atoms with E-state index in [1.165, 1.54) is 0 Å². The molecule has 1 aliphatic heterocycles. The van der Waals surface area contributed by atoms with Gasteiger partial charge >= 0.3 is 0 Å². The van der Waals surface area contributed by atoms with Gasteiger partial charge in [0.25, 0.3) is 11.8 Å². The summed E-state index contributed by atoms with van der Waals surface area (Å²) in [5.74, 6) is -0.450. The topological polar surface area (TPSA) is 77.8 Å². The summed E-state index contributed by atoms with van der Waals surface area (Å²) in [6.45, 7) is 4.08. The molecule has 1 aliphatic rings. The molecule has 0 atom stereocenters. The number of nitrogens with zero attached hydrogens (tertiary/aromatic N) is 2. The van der Waals surface area contributed by atoms with Crippen molar-refractivity contribution in [2.24, 2.45) is 0 Å². The average Bonchev–Trinajstić information content (AvgIpc) is 3.22. The predicted molar refractivity (Wildman–Crippen MR) is 125 cm³/mol. The molecule has 160 valence electrons. The van der Waals surface area contributed by atoms with Gasteiger partial charge in [-0.25, -0.2) is 0 Å². The number of halogens is 1.